The zero-order chi connectivity index (χ0) is 13.0. The van der Waals surface area contributed by atoms with Gasteiger partial charge >= 0.3 is 0 Å². The van der Waals surface area contributed by atoms with Crippen LogP contribution in [0.15, 0.2) is 30.3 Å². The largest absolute Gasteiger partial charge is 0.487 e. The van der Waals surface area contributed by atoms with E-state index >= 15 is 0 Å². The summed E-state index contributed by atoms with van der Waals surface area (Å²) in [6.07, 6.45) is 0.432. The van der Waals surface area contributed by atoms with E-state index in [1.165, 1.54) is 0 Å². The second kappa shape index (κ2) is 5.37. The Kier molecular flexibility index (Phi) is 3.63. The molecule has 1 aromatic heterocycles. The molecule has 0 spiro atoms. The molecule has 4 nitrogen and oxygen atoms in total. The number of benzene rings is 1. The number of hydrogen-bond donors (Lipinski definition) is 0. The lowest BCUT2D eigenvalue weighted by Crippen LogP contribution is -2.02. The number of rotatable bonds is 4. The van der Waals surface area contributed by atoms with Crippen LogP contribution in [0.5, 0.6) is 5.75 Å². The van der Waals surface area contributed by atoms with Gasteiger partial charge < -0.3 is 4.74 Å². The Morgan fingerprint density at radius 3 is 2.61 bits per heavy atom. The topological polar surface area (TPSA) is 50.8 Å². The molecule has 0 radical (unpaired) electrons. The Morgan fingerprint density at radius 1 is 1.33 bits per heavy atom. The number of ether oxygens (including phenoxy) is 1. The maximum Gasteiger partial charge on any atom is 0.130 e. The molecule has 0 aliphatic heterocycles. The highest BCUT2D eigenvalue weighted by Crippen LogP contribution is 2.14. The van der Waals surface area contributed by atoms with Crippen LogP contribution in [0.3, 0.4) is 0 Å². The maximum atomic E-state index is 8.58. The highest BCUT2D eigenvalue weighted by molar-refractivity contribution is 5.28. The van der Waals surface area contributed by atoms with Crippen molar-refractivity contribution >= 4 is 0 Å². The number of aromatic nitrogens is 2. The highest BCUT2D eigenvalue weighted by Gasteiger charge is 2.03. The van der Waals surface area contributed by atoms with Gasteiger partial charge in [0.2, 0.25) is 0 Å². The first-order chi connectivity index (χ1) is 8.69. The van der Waals surface area contributed by atoms with E-state index in [-0.39, 0.29) is 0 Å². The molecule has 2 rings (SSSR count). The standard InChI is InChI=1S/C14H15N3O/c1-11-9-13(17(2)16-11)10-18-14-5-3-12(4-6-14)7-8-15/h3-6,9H,7,10H2,1-2H3. The Hall–Kier alpha value is -2.28. The quantitative estimate of drug-likeness (QED) is 0.825. The second-order valence-corrected chi connectivity index (χ2v) is 4.17. The van der Waals surface area contributed by atoms with Gasteiger partial charge in [-0.1, -0.05) is 12.1 Å². The van der Waals surface area contributed by atoms with Crippen LogP contribution >= 0.6 is 0 Å². The lowest BCUT2D eigenvalue weighted by atomic mass is 10.2. The molecule has 0 aliphatic carbocycles. The van der Waals surface area contributed by atoms with Crippen LogP contribution in [0.4, 0.5) is 0 Å². The van der Waals surface area contributed by atoms with Crippen LogP contribution in [-0.2, 0) is 20.1 Å². The maximum absolute atomic E-state index is 8.58. The monoisotopic (exact) mass is 241 g/mol. The van der Waals surface area contributed by atoms with Gasteiger partial charge in [-0.2, -0.15) is 10.4 Å². The van der Waals surface area contributed by atoms with Gasteiger partial charge in [0.15, 0.2) is 0 Å². The molecule has 0 amide bonds. The van der Waals surface area contributed by atoms with E-state index in [1.807, 2.05) is 49.0 Å². The molecule has 0 saturated heterocycles. The molecule has 0 unspecified atom stereocenters. The summed E-state index contributed by atoms with van der Waals surface area (Å²) in [5, 5.41) is 12.8. The van der Waals surface area contributed by atoms with Gasteiger partial charge in [0.25, 0.3) is 0 Å². The van der Waals surface area contributed by atoms with Crippen molar-refractivity contribution in [2.75, 3.05) is 0 Å². The molecule has 0 saturated carbocycles. The van der Waals surface area contributed by atoms with Crippen molar-refractivity contribution in [3.05, 3.63) is 47.3 Å². The molecule has 0 fully saturated rings. The summed E-state index contributed by atoms with van der Waals surface area (Å²) in [4.78, 5) is 0. The highest BCUT2D eigenvalue weighted by atomic mass is 16.5. The van der Waals surface area contributed by atoms with E-state index in [0.717, 1.165) is 22.7 Å². The lowest BCUT2D eigenvalue weighted by Gasteiger charge is -2.06. The molecule has 4 heteroatoms. The minimum atomic E-state index is 0.432. The predicted octanol–water partition coefficient (Wildman–Crippen LogP) is 2.37. The van der Waals surface area contributed by atoms with Crippen LogP contribution in [-0.4, -0.2) is 9.78 Å². The van der Waals surface area contributed by atoms with Crippen molar-refractivity contribution in [3.8, 4) is 11.8 Å². The fraction of sp³-hybridized carbons (Fsp3) is 0.286. The summed E-state index contributed by atoms with van der Waals surface area (Å²) in [6, 6.07) is 11.7. The van der Waals surface area contributed by atoms with Gasteiger partial charge in [0, 0.05) is 7.05 Å². The summed E-state index contributed by atoms with van der Waals surface area (Å²) >= 11 is 0. The van der Waals surface area contributed by atoms with Gasteiger partial charge in [-0.15, -0.1) is 0 Å². The third-order valence-electron chi connectivity index (χ3n) is 2.69. The van der Waals surface area contributed by atoms with Crippen LogP contribution in [0.2, 0.25) is 0 Å². The van der Waals surface area contributed by atoms with Crippen molar-refractivity contribution in [1.29, 1.82) is 5.26 Å². The van der Waals surface area contributed by atoms with Crippen LogP contribution < -0.4 is 4.74 Å². The molecule has 18 heavy (non-hydrogen) atoms. The van der Waals surface area contributed by atoms with Crippen molar-refractivity contribution in [2.45, 2.75) is 20.0 Å². The van der Waals surface area contributed by atoms with E-state index in [4.69, 9.17) is 10.00 Å². The Morgan fingerprint density at radius 2 is 2.06 bits per heavy atom. The van der Waals surface area contributed by atoms with Gasteiger partial charge in [0.05, 0.1) is 23.9 Å². The smallest absolute Gasteiger partial charge is 0.130 e. The molecule has 0 bridgehead atoms. The number of aryl methyl sites for hydroxylation is 2. The first-order valence-corrected chi connectivity index (χ1v) is 5.77. The molecule has 0 aliphatic rings. The summed E-state index contributed by atoms with van der Waals surface area (Å²) in [5.41, 5.74) is 3.02. The van der Waals surface area contributed by atoms with E-state index in [2.05, 4.69) is 11.2 Å². The molecule has 1 aromatic carbocycles. The van der Waals surface area contributed by atoms with Crippen LogP contribution in [0.25, 0.3) is 0 Å². The third-order valence-corrected chi connectivity index (χ3v) is 2.69. The number of nitrogens with zero attached hydrogens (tertiary/aromatic N) is 3. The van der Waals surface area contributed by atoms with E-state index < -0.39 is 0 Å². The normalized spacial score (nSPS) is 10.1. The number of hydrogen-bond acceptors (Lipinski definition) is 3. The zero-order valence-corrected chi connectivity index (χ0v) is 10.6. The van der Waals surface area contributed by atoms with E-state index in [1.54, 1.807) is 0 Å². The Labute approximate surface area is 106 Å². The van der Waals surface area contributed by atoms with Crippen LogP contribution in [0.1, 0.15) is 17.0 Å². The summed E-state index contributed by atoms with van der Waals surface area (Å²) in [5.74, 6) is 0.801. The molecule has 92 valence electrons. The first kappa shape index (κ1) is 12.2. The molecule has 0 atom stereocenters. The van der Waals surface area contributed by atoms with Gasteiger partial charge in [0.1, 0.15) is 12.4 Å². The van der Waals surface area contributed by atoms with Gasteiger partial charge in [-0.25, -0.2) is 0 Å². The minimum Gasteiger partial charge on any atom is -0.487 e. The van der Waals surface area contributed by atoms with Crippen molar-refractivity contribution in [2.24, 2.45) is 7.05 Å². The SMILES string of the molecule is Cc1cc(COc2ccc(CC#N)cc2)n(C)n1. The summed E-state index contributed by atoms with van der Waals surface area (Å²) in [7, 11) is 1.90. The Balaban J connectivity index is 1.98. The average molecular weight is 241 g/mol. The fourth-order valence-corrected chi connectivity index (χ4v) is 1.75. The van der Waals surface area contributed by atoms with Crippen molar-refractivity contribution < 1.29 is 4.74 Å². The van der Waals surface area contributed by atoms with Crippen molar-refractivity contribution in [3.63, 3.8) is 0 Å². The Bertz CT molecular complexity index is 564. The summed E-state index contributed by atoms with van der Waals surface area (Å²) in [6.45, 7) is 2.45. The molecule has 2 aromatic rings. The van der Waals surface area contributed by atoms with E-state index in [0.29, 0.717) is 13.0 Å². The predicted molar refractivity (Wildman–Crippen MR) is 68.0 cm³/mol. The minimum absolute atomic E-state index is 0.432. The zero-order valence-electron chi connectivity index (χ0n) is 10.6. The molecular formula is C14H15N3O. The van der Waals surface area contributed by atoms with Crippen LogP contribution in [0, 0.1) is 18.3 Å². The second-order valence-electron chi connectivity index (χ2n) is 4.17. The number of nitriles is 1. The molecule has 0 N–H and O–H groups in total. The third kappa shape index (κ3) is 2.89. The molecular weight excluding hydrogens is 226 g/mol. The average Bonchev–Trinajstić information content (AvgIpc) is 2.67. The van der Waals surface area contributed by atoms with Gasteiger partial charge in [-0.3, -0.25) is 4.68 Å². The summed E-state index contributed by atoms with van der Waals surface area (Å²) < 4.78 is 7.49. The van der Waals surface area contributed by atoms with E-state index in [9.17, 15) is 0 Å². The lowest BCUT2D eigenvalue weighted by molar-refractivity contribution is 0.295. The van der Waals surface area contributed by atoms with Crippen molar-refractivity contribution in [1.82, 2.24) is 9.78 Å². The molecule has 1 heterocycles. The fourth-order valence-electron chi connectivity index (χ4n) is 1.75. The van der Waals surface area contributed by atoms with Gasteiger partial charge in [-0.05, 0) is 30.7 Å². The first-order valence-electron chi connectivity index (χ1n) is 5.77.